The largest absolute Gasteiger partial charge is 0.492 e. The molecule has 1 aromatic heterocycles. The molecule has 0 radical (unpaired) electrons. The van der Waals surface area contributed by atoms with Crippen LogP contribution in [0.4, 0.5) is 0 Å². The van der Waals surface area contributed by atoms with Crippen LogP contribution in [-0.2, 0) is 20.1 Å². The Morgan fingerprint density at radius 2 is 1.41 bits per heavy atom. The Balaban J connectivity index is 1.27. The van der Waals surface area contributed by atoms with Gasteiger partial charge in [-0.1, -0.05) is 48.9 Å². The second kappa shape index (κ2) is 14.0. The highest BCUT2D eigenvalue weighted by Gasteiger charge is 2.19. The molecule has 1 saturated heterocycles. The minimum Gasteiger partial charge on any atom is -0.492 e. The highest BCUT2D eigenvalue weighted by Crippen LogP contribution is 2.37. The van der Waals surface area contributed by atoms with Gasteiger partial charge in [0.05, 0.1) is 11.8 Å². The van der Waals surface area contributed by atoms with Gasteiger partial charge in [0, 0.05) is 30.9 Å². The normalized spacial score (nSPS) is 13.8. The molecule has 1 fully saturated rings. The molecule has 6 rings (SSSR count). The molecule has 2 heterocycles. The van der Waals surface area contributed by atoms with E-state index in [0.717, 1.165) is 42.4 Å². The van der Waals surface area contributed by atoms with Gasteiger partial charge in [-0.25, -0.2) is 0 Å². The zero-order valence-corrected chi connectivity index (χ0v) is 26.3. The number of hydrogen-bond donors (Lipinski definition) is 0. The number of aromatic nitrogens is 1. The molecule has 1 aliphatic heterocycles. The summed E-state index contributed by atoms with van der Waals surface area (Å²) in [6.07, 6.45) is 4.91. The molecule has 44 heavy (non-hydrogen) atoms. The lowest BCUT2D eigenvalue weighted by atomic mass is 9.98. The topological polar surface area (TPSA) is 35.9 Å². The summed E-state index contributed by atoms with van der Waals surface area (Å²) >= 11 is 0. The van der Waals surface area contributed by atoms with E-state index in [0.29, 0.717) is 6.61 Å². The van der Waals surface area contributed by atoms with Crippen LogP contribution in [0.1, 0.15) is 49.8 Å². The maximum atomic E-state index is 6.26. The number of piperidine rings is 1. The van der Waals surface area contributed by atoms with E-state index in [4.69, 9.17) is 14.2 Å². The average molecular weight is 589 g/mol. The van der Waals surface area contributed by atoms with Gasteiger partial charge >= 0.3 is 0 Å². The van der Waals surface area contributed by atoms with Gasteiger partial charge < -0.3 is 18.8 Å². The molecule has 5 heteroatoms. The van der Waals surface area contributed by atoms with Crippen LogP contribution in [0.5, 0.6) is 17.2 Å². The summed E-state index contributed by atoms with van der Waals surface area (Å²) in [4.78, 5) is 2.51. The zero-order chi connectivity index (χ0) is 30.3. The third-order valence-corrected chi connectivity index (χ3v) is 8.45. The Labute approximate surface area is 262 Å². The van der Waals surface area contributed by atoms with Gasteiger partial charge in [0.1, 0.15) is 30.5 Å². The van der Waals surface area contributed by atoms with E-state index >= 15 is 0 Å². The van der Waals surface area contributed by atoms with Crippen molar-refractivity contribution in [2.45, 2.75) is 52.2 Å². The number of hydrogen-bond acceptors (Lipinski definition) is 4. The minimum absolute atomic E-state index is 0.139. The first-order valence-electron chi connectivity index (χ1n) is 16.0. The first-order chi connectivity index (χ1) is 21.5. The fraction of sp³-hybridized carbons (Fsp3) is 0.333. The summed E-state index contributed by atoms with van der Waals surface area (Å²) in [5.41, 5.74) is 7.24. The summed E-state index contributed by atoms with van der Waals surface area (Å²) < 4.78 is 20.6. The molecule has 0 spiro atoms. The lowest BCUT2D eigenvalue weighted by molar-refractivity contribution is 0.183. The van der Waals surface area contributed by atoms with E-state index in [2.05, 4.69) is 109 Å². The molecule has 5 aromatic rings. The average Bonchev–Trinajstić information content (AvgIpc) is 3.32. The van der Waals surface area contributed by atoms with Crippen LogP contribution in [0.2, 0.25) is 0 Å². The summed E-state index contributed by atoms with van der Waals surface area (Å²) in [6.45, 7) is 8.77. The summed E-state index contributed by atoms with van der Waals surface area (Å²) in [5.74, 6) is 2.69. The second-order valence-electron chi connectivity index (χ2n) is 12.1. The smallest absolute Gasteiger partial charge is 0.120 e. The molecule has 228 valence electrons. The first kappa shape index (κ1) is 29.8. The van der Waals surface area contributed by atoms with Gasteiger partial charge in [-0.3, -0.25) is 4.90 Å². The van der Waals surface area contributed by atoms with Crippen molar-refractivity contribution in [2.75, 3.05) is 26.2 Å². The summed E-state index contributed by atoms with van der Waals surface area (Å²) in [5, 5.41) is 1.21. The van der Waals surface area contributed by atoms with Crippen molar-refractivity contribution in [1.29, 1.82) is 0 Å². The number of benzene rings is 4. The van der Waals surface area contributed by atoms with Crippen LogP contribution >= 0.6 is 0 Å². The highest BCUT2D eigenvalue weighted by atomic mass is 16.5. The van der Waals surface area contributed by atoms with Crippen LogP contribution < -0.4 is 14.2 Å². The molecule has 1 aliphatic rings. The highest BCUT2D eigenvalue weighted by molar-refractivity contribution is 5.93. The van der Waals surface area contributed by atoms with Crippen LogP contribution in [0, 0.1) is 0 Å². The molecule has 0 amide bonds. The van der Waals surface area contributed by atoms with Crippen LogP contribution in [0.25, 0.3) is 22.2 Å². The van der Waals surface area contributed by atoms with Gasteiger partial charge in [-0.15, -0.1) is 0 Å². The third kappa shape index (κ3) is 7.28. The first-order valence-corrected chi connectivity index (χ1v) is 16.0. The maximum Gasteiger partial charge on any atom is 0.120 e. The molecule has 0 saturated carbocycles. The van der Waals surface area contributed by atoms with Crippen molar-refractivity contribution >= 4 is 10.9 Å². The number of nitrogens with zero attached hydrogens (tertiary/aromatic N) is 2. The lowest BCUT2D eigenvalue weighted by Gasteiger charge is -2.26. The van der Waals surface area contributed by atoms with E-state index in [1.165, 1.54) is 65.6 Å². The fourth-order valence-corrected chi connectivity index (χ4v) is 6.22. The van der Waals surface area contributed by atoms with Crippen molar-refractivity contribution in [3.63, 3.8) is 0 Å². The van der Waals surface area contributed by atoms with Gasteiger partial charge in [0.25, 0.3) is 0 Å². The van der Waals surface area contributed by atoms with Crippen molar-refractivity contribution < 1.29 is 14.2 Å². The molecular weight excluding hydrogens is 544 g/mol. The van der Waals surface area contributed by atoms with Crippen molar-refractivity contribution in [3.8, 4) is 28.5 Å². The fourth-order valence-electron chi connectivity index (χ4n) is 6.22. The van der Waals surface area contributed by atoms with Crippen molar-refractivity contribution in [2.24, 2.45) is 7.05 Å². The molecular formula is C39H44N2O3. The molecule has 0 atom stereocenters. The van der Waals surface area contributed by atoms with E-state index in [9.17, 15) is 0 Å². The number of likely N-dealkylation sites (tertiary alicyclic amines) is 1. The van der Waals surface area contributed by atoms with E-state index < -0.39 is 0 Å². The summed E-state index contributed by atoms with van der Waals surface area (Å²) in [6, 6.07) is 33.9. The summed E-state index contributed by atoms with van der Waals surface area (Å²) in [7, 11) is 2.16. The predicted octanol–water partition coefficient (Wildman–Crippen LogP) is 8.67. The lowest BCUT2D eigenvalue weighted by Crippen LogP contribution is -2.33. The molecule has 4 aromatic carbocycles. The molecule has 5 nitrogen and oxygen atoms in total. The molecule has 0 unspecified atom stereocenters. The quantitative estimate of drug-likeness (QED) is 0.146. The molecule has 0 aliphatic carbocycles. The predicted molar refractivity (Wildman–Crippen MR) is 180 cm³/mol. The molecule has 0 N–H and O–H groups in total. The Morgan fingerprint density at radius 1 is 0.705 bits per heavy atom. The number of rotatable bonds is 12. The Hall–Kier alpha value is -4.22. The zero-order valence-electron chi connectivity index (χ0n) is 26.3. The van der Waals surface area contributed by atoms with Crippen LogP contribution in [-0.4, -0.2) is 41.8 Å². The number of fused-ring (bicyclic) bond motifs is 1. The standard InChI is InChI=1S/C39H44N2O3/c1-29(2)44-34-18-14-32(15-19-34)39-37(26-30-12-16-33(17-13-30)42-25-24-41-22-8-5-9-23-41)36-27-35(20-21-38(36)40(39)3)43-28-31-10-6-4-7-11-31/h4,6-7,10-21,27,29H,5,8-9,22-26,28H2,1-3H3. The van der Waals surface area contributed by atoms with E-state index in [-0.39, 0.29) is 6.10 Å². The van der Waals surface area contributed by atoms with Gasteiger partial charge in [0.2, 0.25) is 0 Å². The Morgan fingerprint density at radius 3 is 2.14 bits per heavy atom. The third-order valence-electron chi connectivity index (χ3n) is 8.45. The SMILES string of the molecule is CC(C)Oc1ccc(-c2c(Cc3ccc(OCCN4CCCCC4)cc3)c3cc(OCc4ccccc4)ccc3n2C)cc1. The van der Waals surface area contributed by atoms with Crippen molar-refractivity contribution in [1.82, 2.24) is 9.47 Å². The Bertz CT molecular complexity index is 1630. The van der Waals surface area contributed by atoms with Gasteiger partial charge in [-0.2, -0.15) is 0 Å². The number of ether oxygens (including phenoxy) is 3. The maximum absolute atomic E-state index is 6.26. The van der Waals surface area contributed by atoms with Crippen molar-refractivity contribution in [3.05, 3.63) is 114 Å². The van der Waals surface area contributed by atoms with Crippen LogP contribution in [0.15, 0.2) is 97.1 Å². The second-order valence-corrected chi connectivity index (χ2v) is 12.1. The Kier molecular flexibility index (Phi) is 9.52. The van der Waals surface area contributed by atoms with Gasteiger partial charge in [-0.05, 0) is 117 Å². The monoisotopic (exact) mass is 588 g/mol. The minimum atomic E-state index is 0.139. The van der Waals surface area contributed by atoms with E-state index in [1.54, 1.807) is 0 Å². The van der Waals surface area contributed by atoms with E-state index in [1.807, 2.05) is 18.2 Å². The van der Waals surface area contributed by atoms with Gasteiger partial charge in [0.15, 0.2) is 0 Å². The molecule has 0 bridgehead atoms. The van der Waals surface area contributed by atoms with Crippen LogP contribution in [0.3, 0.4) is 0 Å². The number of aryl methyl sites for hydroxylation is 1.